The molecule has 1 unspecified atom stereocenters. The van der Waals surface area contributed by atoms with E-state index in [-0.39, 0.29) is 36.9 Å². The van der Waals surface area contributed by atoms with Crippen molar-refractivity contribution in [3.8, 4) is 5.75 Å². The van der Waals surface area contributed by atoms with Crippen LogP contribution in [-0.4, -0.2) is 78.2 Å². The lowest BCUT2D eigenvalue weighted by Gasteiger charge is -2.25. The van der Waals surface area contributed by atoms with Crippen molar-refractivity contribution >= 4 is 23.7 Å². The van der Waals surface area contributed by atoms with Gasteiger partial charge in [0.15, 0.2) is 0 Å². The average molecular weight is 600 g/mol. The number of aliphatic carboxylic acids is 1. The number of hydrogen-bond donors (Lipinski definition) is 3. The van der Waals surface area contributed by atoms with Crippen LogP contribution in [0.15, 0.2) is 30.3 Å². The topological polar surface area (TPSA) is 134 Å². The van der Waals surface area contributed by atoms with Crippen LogP contribution in [0.1, 0.15) is 96.3 Å². The number of piperidine rings is 1. The SMILES string of the molecule is O=C1CCCCCCCCCCCCCOC[C@]23CC2N(C(=O)CNC(=O)[C@H](CCOc2ccccc2)N1)[C@H](C(=O)O)C3. The summed E-state index contributed by atoms with van der Waals surface area (Å²) >= 11 is 0. The number of carbonyl (C=O) groups is 4. The number of carbonyl (C=O) groups excluding carboxylic acids is 3. The van der Waals surface area contributed by atoms with Crippen molar-refractivity contribution < 1.29 is 33.8 Å². The normalized spacial score (nSPS) is 28.9. The van der Waals surface area contributed by atoms with Gasteiger partial charge in [0.25, 0.3) is 0 Å². The predicted molar refractivity (Wildman–Crippen MR) is 161 cm³/mol. The monoisotopic (exact) mass is 599 g/mol. The van der Waals surface area contributed by atoms with E-state index in [2.05, 4.69) is 10.6 Å². The molecule has 1 aliphatic carbocycles. The largest absolute Gasteiger partial charge is 0.494 e. The molecule has 43 heavy (non-hydrogen) atoms. The number of benzene rings is 1. The highest BCUT2D eigenvalue weighted by molar-refractivity contribution is 5.92. The average Bonchev–Trinajstić information content (AvgIpc) is 3.59. The summed E-state index contributed by atoms with van der Waals surface area (Å²) in [7, 11) is 0. The van der Waals surface area contributed by atoms with E-state index in [1.807, 2.05) is 30.3 Å². The molecule has 0 radical (unpaired) electrons. The van der Waals surface area contributed by atoms with Crippen molar-refractivity contribution in [2.24, 2.45) is 5.41 Å². The Labute approximate surface area is 255 Å². The number of carboxylic acid groups (broad SMARTS) is 1. The van der Waals surface area contributed by atoms with E-state index in [1.54, 1.807) is 0 Å². The maximum Gasteiger partial charge on any atom is 0.326 e. The Morgan fingerprint density at radius 1 is 0.930 bits per heavy atom. The van der Waals surface area contributed by atoms with Crippen LogP contribution in [0, 0.1) is 5.41 Å². The van der Waals surface area contributed by atoms with Gasteiger partial charge in [-0.2, -0.15) is 0 Å². The maximum absolute atomic E-state index is 13.3. The number of rotatable bonds is 5. The maximum atomic E-state index is 13.3. The standard InChI is InChI=1S/C33H49N3O7/c37-29-17-13-8-6-4-2-1-3-5-7-9-14-19-42-24-33-21-27(32(40)41)36(28(33)22-33)30(38)23-34-31(39)26(35-29)18-20-43-25-15-11-10-12-16-25/h10-12,15-16,26-28H,1-9,13-14,17-24H2,(H,34,39)(H,35,37)(H,40,41)/t26-,27-,28?,33-/m0/s1. The number of ether oxygens (including phenoxy) is 2. The van der Waals surface area contributed by atoms with Crippen molar-refractivity contribution in [1.82, 2.24) is 15.5 Å². The Morgan fingerprint density at radius 3 is 2.26 bits per heavy atom. The molecule has 3 N–H and O–H groups in total. The van der Waals surface area contributed by atoms with Gasteiger partial charge in [-0.1, -0.05) is 76.0 Å². The fourth-order valence-corrected chi connectivity index (χ4v) is 6.49. The zero-order chi connectivity index (χ0) is 30.5. The van der Waals surface area contributed by atoms with Gasteiger partial charge in [0.05, 0.1) is 19.8 Å². The molecule has 2 saturated heterocycles. The van der Waals surface area contributed by atoms with E-state index in [0.717, 1.165) is 32.1 Å². The van der Waals surface area contributed by atoms with Gasteiger partial charge in [-0.3, -0.25) is 14.4 Å². The highest BCUT2D eigenvalue weighted by atomic mass is 16.5. The molecule has 1 saturated carbocycles. The van der Waals surface area contributed by atoms with Gasteiger partial charge in [0.1, 0.15) is 17.8 Å². The number of nitrogens with one attached hydrogen (secondary N) is 2. The second-order valence-electron chi connectivity index (χ2n) is 12.4. The first-order chi connectivity index (χ1) is 20.9. The second-order valence-corrected chi connectivity index (χ2v) is 12.4. The van der Waals surface area contributed by atoms with Gasteiger partial charge < -0.3 is 30.1 Å². The first kappa shape index (κ1) is 32.8. The minimum atomic E-state index is -1.04. The van der Waals surface area contributed by atoms with E-state index in [1.165, 1.54) is 43.4 Å². The Kier molecular flexibility index (Phi) is 12.7. The third-order valence-electron chi connectivity index (χ3n) is 9.06. The number of amides is 3. The molecule has 10 nitrogen and oxygen atoms in total. The summed E-state index contributed by atoms with van der Waals surface area (Å²) in [5, 5.41) is 15.4. The molecule has 2 aliphatic heterocycles. The molecule has 238 valence electrons. The molecule has 2 bridgehead atoms. The van der Waals surface area contributed by atoms with E-state index in [0.29, 0.717) is 38.2 Å². The molecule has 0 aromatic heterocycles. The van der Waals surface area contributed by atoms with Gasteiger partial charge in [0, 0.05) is 30.9 Å². The van der Waals surface area contributed by atoms with Crippen LogP contribution in [0.4, 0.5) is 0 Å². The van der Waals surface area contributed by atoms with Crippen LogP contribution in [0.5, 0.6) is 5.75 Å². The van der Waals surface area contributed by atoms with Gasteiger partial charge in [0.2, 0.25) is 17.7 Å². The first-order valence-corrected chi connectivity index (χ1v) is 16.3. The van der Waals surface area contributed by atoms with Gasteiger partial charge in [-0.25, -0.2) is 4.79 Å². The van der Waals surface area contributed by atoms with Crippen LogP contribution >= 0.6 is 0 Å². The lowest BCUT2D eigenvalue weighted by atomic mass is 10.0. The molecule has 4 atom stereocenters. The summed E-state index contributed by atoms with van der Waals surface area (Å²) in [6.45, 7) is 0.973. The molecule has 3 aliphatic rings. The summed E-state index contributed by atoms with van der Waals surface area (Å²) in [6, 6.07) is 7.23. The third-order valence-corrected chi connectivity index (χ3v) is 9.06. The van der Waals surface area contributed by atoms with E-state index in [4.69, 9.17) is 9.47 Å². The Morgan fingerprint density at radius 2 is 1.58 bits per heavy atom. The molecular weight excluding hydrogens is 550 g/mol. The summed E-state index contributed by atoms with van der Waals surface area (Å²) in [5.74, 6) is -1.50. The Balaban J connectivity index is 1.37. The summed E-state index contributed by atoms with van der Waals surface area (Å²) in [6.07, 6.45) is 13.9. The Hall–Kier alpha value is -3.14. The number of hydrogen-bond acceptors (Lipinski definition) is 6. The molecule has 10 heteroatoms. The van der Waals surface area contributed by atoms with Crippen molar-refractivity contribution in [3.05, 3.63) is 30.3 Å². The van der Waals surface area contributed by atoms with Gasteiger partial charge >= 0.3 is 5.97 Å². The Bertz CT molecular complexity index is 1070. The molecular formula is C33H49N3O7. The summed E-state index contributed by atoms with van der Waals surface area (Å²) < 4.78 is 11.7. The smallest absolute Gasteiger partial charge is 0.326 e. The van der Waals surface area contributed by atoms with Crippen molar-refractivity contribution in [2.75, 3.05) is 26.4 Å². The van der Waals surface area contributed by atoms with Crippen LogP contribution < -0.4 is 15.4 Å². The van der Waals surface area contributed by atoms with E-state index in [9.17, 15) is 24.3 Å². The van der Waals surface area contributed by atoms with Crippen LogP contribution in [-0.2, 0) is 23.9 Å². The molecule has 0 spiro atoms. The zero-order valence-corrected chi connectivity index (χ0v) is 25.4. The van der Waals surface area contributed by atoms with Crippen molar-refractivity contribution in [1.29, 1.82) is 0 Å². The number of carboxylic acids is 1. The van der Waals surface area contributed by atoms with Crippen molar-refractivity contribution in [3.63, 3.8) is 0 Å². The second kappa shape index (κ2) is 16.6. The van der Waals surface area contributed by atoms with Crippen molar-refractivity contribution in [2.45, 2.75) is 114 Å². The predicted octanol–water partition coefficient (Wildman–Crippen LogP) is 4.21. The molecule has 3 fully saturated rings. The fourth-order valence-electron chi connectivity index (χ4n) is 6.49. The van der Waals surface area contributed by atoms with E-state index >= 15 is 0 Å². The minimum absolute atomic E-state index is 0.192. The molecule has 2 heterocycles. The lowest BCUT2D eigenvalue weighted by molar-refractivity contribution is -0.149. The van der Waals surface area contributed by atoms with E-state index < -0.39 is 29.9 Å². The minimum Gasteiger partial charge on any atom is -0.494 e. The zero-order valence-electron chi connectivity index (χ0n) is 25.4. The van der Waals surface area contributed by atoms with Crippen LogP contribution in [0.3, 0.4) is 0 Å². The number of nitrogens with zero attached hydrogens (tertiary/aromatic N) is 1. The highest BCUT2D eigenvalue weighted by Crippen LogP contribution is 2.59. The summed E-state index contributed by atoms with van der Waals surface area (Å²) in [4.78, 5) is 52.7. The summed E-state index contributed by atoms with van der Waals surface area (Å²) in [5.41, 5.74) is -0.319. The molecule has 3 amide bonds. The lowest BCUT2D eigenvalue weighted by Crippen LogP contribution is -2.52. The van der Waals surface area contributed by atoms with Crippen LogP contribution in [0.25, 0.3) is 0 Å². The van der Waals surface area contributed by atoms with Gasteiger partial charge in [-0.15, -0.1) is 0 Å². The molecule has 4 rings (SSSR count). The van der Waals surface area contributed by atoms with Crippen LogP contribution in [0.2, 0.25) is 0 Å². The quantitative estimate of drug-likeness (QED) is 0.462. The first-order valence-electron chi connectivity index (χ1n) is 16.3. The molecule has 1 aromatic rings. The highest BCUT2D eigenvalue weighted by Gasteiger charge is 2.67. The third kappa shape index (κ3) is 9.95. The van der Waals surface area contributed by atoms with Gasteiger partial charge in [-0.05, 0) is 37.8 Å². The number of para-hydroxylation sites is 1. The molecule has 1 aromatic carbocycles. The fraction of sp³-hybridized carbons (Fsp3) is 0.697.